The highest BCUT2D eigenvalue weighted by Gasteiger charge is 2.40. The van der Waals surface area contributed by atoms with E-state index < -0.39 is 0 Å². The molecule has 0 saturated heterocycles. The number of rotatable bonds is 10. The van der Waals surface area contributed by atoms with Gasteiger partial charge in [0, 0.05) is 0 Å². The average molecular weight is 237 g/mol. The van der Waals surface area contributed by atoms with Gasteiger partial charge in [0.15, 0.2) is 0 Å². The Labute approximate surface area is 108 Å². The Hall–Kier alpha value is -0.0400. The summed E-state index contributed by atoms with van der Waals surface area (Å²) in [7, 11) is 0. The molecule has 17 heavy (non-hydrogen) atoms. The first-order valence-electron chi connectivity index (χ1n) is 8.05. The molecule has 0 aromatic heterocycles. The lowest BCUT2D eigenvalue weighted by molar-refractivity contribution is 0.348. The second-order valence-corrected chi connectivity index (χ2v) is 6.41. The highest BCUT2D eigenvalue weighted by Crippen LogP contribution is 2.48. The van der Waals surface area contributed by atoms with Crippen molar-refractivity contribution < 1.29 is 0 Å². The first-order chi connectivity index (χ1) is 8.35. The van der Waals surface area contributed by atoms with Crippen molar-refractivity contribution in [2.75, 3.05) is 13.1 Å². The number of unbranched alkanes of at least 4 members (excludes halogenated alkanes) is 1. The molecule has 1 unspecified atom stereocenters. The Balaban J connectivity index is 1.59. The molecule has 2 fully saturated rings. The van der Waals surface area contributed by atoms with Gasteiger partial charge in [-0.25, -0.2) is 0 Å². The van der Waals surface area contributed by atoms with Crippen LogP contribution in [0, 0.1) is 23.7 Å². The van der Waals surface area contributed by atoms with Crippen LogP contribution in [0.3, 0.4) is 0 Å². The molecule has 2 saturated carbocycles. The van der Waals surface area contributed by atoms with Crippen LogP contribution in [-0.2, 0) is 0 Å². The third-order valence-corrected chi connectivity index (χ3v) is 4.81. The SMILES string of the molecule is CCCCC(CC)CNCC(C1CC1)C1CC1. The molecule has 0 radical (unpaired) electrons. The van der Waals surface area contributed by atoms with Crippen molar-refractivity contribution in [3.05, 3.63) is 0 Å². The minimum absolute atomic E-state index is 0.925. The molecular formula is C16H31N. The van der Waals surface area contributed by atoms with Crippen LogP contribution in [0.25, 0.3) is 0 Å². The molecule has 1 atom stereocenters. The van der Waals surface area contributed by atoms with Crippen LogP contribution in [-0.4, -0.2) is 13.1 Å². The van der Waals surface area contributed by atoms with E-state index in [1.165, 1.54) is 64.5 Å². The molecule has 0 aliphatic heterocycles. The van der Waals surface area contributed by atoms with Crippen molar-refractivity contribution in [3.63, 3.8) is 0 Å². The van der Waals surface area contributed by atoms with Crippen LogP contribution in [0.15, 0.2) is 0 Å². The lowest BCUT2D eigenvalue weighted by atomic mass is 9.96. The fraction of sp³-hybridized carbons (Fsp3) is 1.00. The number of nitrogens with one attached hydrogen (secondary N) is 1. The highest BCUT2D eigenvalue weighted by molar-refractivity contribution is 4.92. The molecule has 0 bridgehead atoms. The predicted octanol–water partition coefficient (Wildman–Crippen LogP) is 4.23. The van der Waals surface area contributed by atoms with Gasteiger partial charge >= 0.3 is 0 Å². The van der Waals surface area contributed by atoms with Gasteiger partial charge in [-0.1, -0.05) is 33.1 Å². The summed E-state index contributed by atoms with van der Waals surface area (Å²) < 4.78 is 0. The van der Waals surface area contributed by atoms with E-state index >= 15 is 0 Å². The fourth-order valence-corrected chi connectivity index (χ4v) is 3.16. The third kappa shape index (κ3) is 4.62. The molecule has 0 aromatic rings. The Bertz CT molecular complexity index is 194. The first-order valence-corrected chi connectivity index (χ1v) is 8.05. The summed E-state index contributed by atoms with van der Waals surface area (Å²) >= 11 is 0. The summed E-state index contributed by atoms with van der Waals surface area (Å²) in [5.74, 6) is 4.17. The van der Waals surface area contributed by atoms with E-state index in [0.717, 1.165) is 23.7 Å². The van der Waals surface area contributed by atoms with Gasteiger partial charge < -0.3 is 5.32 Å². The topological polar surface area (TPSA) is 12.0 Å². The van der Waals surface area contributed by atoms with Crippen LogP contribution in [0.4, 0.5) is 0 Å². The van der Waals surface area contributed by atoms with Crippen molar-refractivity contribution in [2.45, 2.75) is 65.2 Å². The smallest absolute Gasteiger partial charge is 0.00151 e. The molecule has 0 amide bonds. The summed E-state index contributed by atoms with van der Waals surface area (Å²) in [4.78, 5) is 0. The molecule has 2 rings (SSSR count). The average Bonchev–Trinajstić information content (AvgIpc) is 3.20. The maximum atomic E-state index is 3.79. The van der Waals surface area contributed by atoms with E-state index in [9.17, 15) is 0 Å². The van der Waals surface area contributed by atoms with E-state index in [1.807, 2.05) is 0 Å². The molecule has 2 aliphatic carbocycles. The molecular weight excluding hydrogens is 206 g/mol. The molecule has 1 nitrogen and oxygen atoms in total. The molecule has 2 aliphatic rings. The van der Waals surface area contributed by atoms with Crippen LogP contribution in [0.5, 0.6) is 0 Å². The zero-order valence-corrected chi connectivity index (χ0v) is 11.9. The van der Waals surface area contributed by atoms with Crippen LogP contribution >= 0.6 is 0 Å². The third-order valence-electron chi connectivity index (χ3n) is 4.81. The van der Waals surface area contributed by atoms with Gasteiger partial charge in [-0.15, -0.1) is 0 Å². The summed E-state index contributed by atoms with van der Waals surface area (Å²) in [6.45, 7) is 7.24. The summed E-state index contributed by atoms with van der Waals surface area (Å²) in [5, 5.41) is 3.79. The Morgan fingerprint density at radius 2 is 1.65 bits per heavy atom. The van der Waals surface area contributed by atoms with Crippen LogP contribution in [0.1, 0.15) is 65.2 Å². The van der Waals surface area contributed by atoms with Gasteiger partial charge in [0.2, 0.25) is 0 Å². The van der Waals surface area contributed by atoms with Crippen LogP contribution in [0.2, 0.25) is 0 Å². The van der Waals surface area contributed by atoms with Gasteiger partial charge in [0.05, 0.1) is 0 Å². The van der Waals surface area contributed by atoms with E-state index in [0.29, 0.717) is 0 Å². The largest absolute Gasteiger partial charge is 0.316 e. The predicted molar refractivity (Wildman–Crippen MR) is 75.1 cm³/mol. The van der Waals surface area contributed by atoms with E-state index in [-0.39, 0.29) is 0 Å². The lowest BCUT2D eigenvalue weighted by Crippen LogP contribution is -2.30. The van der Waals surface area contributed by atoms with E-state index in [4.69, 9.17) is 0 Å². The first kappa shape index (κ1) is 13.4. The minimum atomic E-state index is 0.925. The maximum absolute atomic E-state index is 3.79. The zero-order chi connectivity index (χ0) is 12.1. The fourth-order valence-electron chi connectivity index (χ4n) is 3.16. The summed E-state index contributed by atoms with van der Waals surface area (Å²) in [6.07, 6.45) is 11.6. The quantitative estimate of drug-likeness (QED) is 0.599. The van der Waals surface area contributed by atoms with Crippen molar-refractivity contribution in [1.82, 2.24) is 5.32 Å². The molecule has 0 aromatic carbocycles. The van der Waals surface area contributed by atoms with Crippen molar-refractivity contribution in [1.29, 1.82) is 0 Å². The zero-order valence-electron chi connectivity index (χ0n) is 11.9. The van der Waals surface area contributed by atoms with Gasteiger partial charge in [-0.3, -0.25) is 0 Å². The van der Waals surface area contributed by atoms with Crippen LogP contribution < -0.4 is 5.32 Å². The molecule has 0 heterocycles. The second-order valence-electron chi connectivity index (χ2n) is 6.41. The molecule has 0 spiro atoms. The summed E-state index contributed by atoms with van der Waals surface area (Å²) in [5.41, 5.74) is 0. The molecule has 100 valence electrons. The van der Waals surface area contributed by atoms with Gasteiger partial charge in [0.25, 0.3) is 0 Å². The molecule has 1 N–H and O–H groups in total. The maximum Gasteiger partial charge on any atom is -0.00151 e. The monoisotopic (exact) mass is 237 g/mol. The van der Waals surface area contributed by atoms with E-state index in [2.05, 4.69) is 19.2 Å². The standard InChI is InChI=1S/C16H31N/c1-3-5-6-13(4-2)11-17-12-16(14-7-8-14)15-9-10-15/h13-17H,3-12H2,1-2H3. The summed E-state index contributed by atoms with van der Waals surface area (Å²) in [6, 6.07) is 0. The van der Waals surface area contributed by atoms with Crippen molar-refractivity contribution in [2.24, 2.45) is 23.7 Å². The number of hydrogen-bond acceptors (Lipinski definition) is 1. The Morgan fingerprint density at radius 1 is 1.00 bits per heavy atom. The lowest BCUT2D eigenvalue weighted by Gasteiger charge is -2.20. The van der Waals surface area contributed by atoms with E-state index in [1.54, 1.807) is 0 Å². The molecule has 1 heteroatoms. The second kappa shape index (κ2) is 6.78. The van der Waals surface area contributed by atoms with Crippen molar-refractivity contribution in [3.8, 4) is 0 Å². The van der Waals surface area contributed by atoms with Gasteiger partial charge in [0.1, 0.15) is 0 Å². The normalized spacial score (nSPS) is 22.1. The Kier molecular flexibility index (Phi) is 5.34. The minimum Gasteiger partial charge on any atom is -0.316 e. The van der Waals surface area contributed by atoms with Gasteiger partial charge in [-0.05, 0) is 68.9 Å². The highest BCUT2D eigenvalue weighted by atomic mass is 14.9. The Morgan fingerprint density at radius 3 is 2.12 bits per heavy atom. The number of hydrogen-bond donors (Lipinski definition) is 1. The van der Waals surface area contributed by atoms with Crippen molar-refractivity contribution >= 4 is 0 Å². The van der Waals surface area contributed by atoms with Gasteiger partial charge in [-0.2, -0.15) is 0 Å².